The maximum Gasteiger partial charge on any atom is 0.319 e. The third-order valence-electron chi connectivity index (χ3n) is 2.71. The average molecular weight is 198 g/mol. The van der Waals surface area contributed by atoms with E-state index in [1.807, 2.05) is 0 Å². The molecule has 0 aromatic heterocycles. The Labute approximate surface area is 82.7 Å². The summed E-state index contributed by atoms with van der Waals surface area (Å²) in [5, 5.41) is 0.0631. The second-order valence-corrected chi connectivity index (χ2v) is 4.87. The first kappa shape index (κ1) is 9.13. The molecule has 0 fully saturated rings. The van der Waals surface area contributed by atoms with Gasteiger partial charge in [-0.15, -0.1) is 11.8 Å². The molecule has 0 spiro atoms. The summed E-state index contributed by atoms with van der Waals surface area (Å²) in [4.78, 5) is 12.8. The van der Waals surface area contributed by atoms with Crippen LogP contribution in [0.3, 0.4) is 0 Å². The molecule has 1 aliphatic carbocycles. The summed E-state index contributed by atoms with van der Waals surface area (Å²) in [7, 11) is 1.47. The van der Waals surface area contributed by atoms with Gasteiger partial charge in [-0.1, -0.05) is 5.57 Å². The summed E-state index contributed by atoms with van der Waals surface area (Å²) in [6, 6.07) is 0. The Hall–Kier alpha value is -0.440. The molecule has 1 atom stereocenters. The minimum absolute atomic E-state index is 0.0561. The summed E-state index contributed by atoms with van der Waals surface area (Å²) in [5.74, 6) is -0.0561. The van der Waals surface area contributed by atoms with Crippen molar-refractivity contribution in [2.75, 3.05) is 7.11 Å². The van der Waals surface area contributed by atoms with Crippen molar-refractivity contribution in [3.8, 4) is 0 Å². The van der Waals surface area contributed by atoms with E-state index in [0.717, 1.165) is 6.42 Å². The number of hydrogen-bond acceptors (Lipinski definition) is 3. The van der Waals surface area contributed by atoms with E-state index in [-0.39, 0.29) is 11.2 Å². The van der Waals surface area contributed by atoms with Gasteiger partial charge in [0.15, 0.2) is 0 Å². The van der Waals surface area contributed by atoms with Crippen LogP contribution < -0.4 is 0 Å². The molecule has 0 N–H and O–H groups in total. The summed E-state index contributed by atoms with van der Waals surface area (Å²) in [6.07, 6.45) is 5.92. The van der Waals surface area contributed by atoms with Gasteiger partial charge in [-0.05, 0) is 37.0 Å². The summed E-state index contributed by atoms with van der Waals surface area (Å²) in [6.45, 7) is 0. The molecule has 0 aromatic rings. The highest BCUT2D eigenvalue weighted by molar-refractivity contribution is 8.04. The zero-order valence-electron chi connectivity index (χ0n) is 7.84. The zero-order valence-corrected chi connectivity index (χ0v) is 8.65. The van der Waals surface area contributed by atoms with Gasteiger partial charge in [0.05, 0.1) is 7.11 Å². The lowest BCUT2D eigenvalue weighted by molar-refractivity contribution is -0.139. The number of carbonyl (C=O) groups excluding carboxylic acids is 1. The number of esters is 1. The Morgan fingerprint density at radius 1 is 1.46 bits per heavy atom. The highest BCUT2D eigenvalue weighted by atomic mass is 32.2. The molecular weight excluding hydrogens is 184 g/mol. The van der Waals surface area contributed by atoms with Gasteiger partial charge in [-0.25, -0.2) is 0 Å². The smallest absolute Gasteiger partial charge is 0.319 e. The number of rotatable bonds is 1. The Balaban J connectivity index is 2.01. The Morgan fingerprint density at radius 3 is 2.92 bits per heavy atom. The van der Waals surface area contributed by atoms with Crippen LogP contribution >= 0.6 is 11.8 Å². The molecule has 2 rings (SSSR count). The minimum Gasteiger partial charge on any atom is -0.468 e. The van der Waals surface area contributed by atoms with E-state index in [1.54, 1.807) is 11.8 Å². The first-order valence-corrected chi connectivity index (χ1v) is 5.64. The highest BCUT2D eigenvalue weighted by Crippen LogP contribution is 2.45. The molecule has 0 saturated carbocycles. The largest absolute Gasteiger partial charge is 0.468 e. The molecule has 0 amide bonds. The van der Waals surface area contributed by atoms with Crippen molar-refractivity contribution >= 4 is 17.7 Å². The number of carbonyl (C=O) groups is 1. The second kappa shape index (κ2) is 3.74. The maximum atomic E-state index is 11.3. The van der Waals surface area contributed by atoms with Crippen molar-refractivity contribution in [2.24, 2.45) is 0 Å². The molecule has 2 nitrogen and oxygen atoms in total. The van der Waals surface area contributed by atoms with Crippen LogP contribution in [0.15, 0.2) is 10.5 Å². The van der Waals surface area contributed by atoms with Crippen molar-refractivity contribution in [3.63, 3.8) is 0 Å². The molecule has 13 heavy (non-hydrogen) atoms. The van der Waals surface area contributed by atoms with E-state index < -0.39 is 0 Å². The second-order valence-electron chi connectivity index (χ2n) is 3.57. The van der Waals surface area contributed by atoms with E-state index in [1.165, 1.54) is 43.3 Å². The highest BCUT2D eigenvalue weighted by Gasteiger charge is 2.31. The van der Waals surface area contributed by atoms with E-state index in [2.05, 4.69) is 0 Å². The molecule has 1 unspecified atom stereocenters. The molecule has 1 aliphatic heterocycles. The number of ether oxygens (including phenoxy) is 1. The lowest BCUT2D eigenvalue weighted by Gasteiger charge is -2.11. The molecule has 0 aromatic carbocycles. The number of methoxy groups -OCH3 is 1. The lowest BCUT2D eigenvalue weighted by Crippen LogP contribution is -2.16. The van der Waals surface area contributed by atoms with Gasteiger partial charge in [0, 0.05) is 0 Å². The molecule has 3 heteroatoms. The number of thioether (sulfide) groups is 1. The monoisotopic (exact) mass is 198 g/mol. The van der Waals surface area contributed by atoms with Crippen LogP contribution in [0.4, 0.5) is 0 Å². The standard InChI is InChI=1S/C10H14O2S/c1-12-10(11)9-6-7-4-2-3-5-8(7)13-9/h9H,2-6H2,1H3. The van der Waals surface area contributed by atoms with Gasteiger partial charge < -0.3 is 4.74 Å². The van der Waals surface area contributed by atoms with Crippen molar-refractivity contribution in [1.29, 1.82) is 0 Å². The Kier molecular flexibility index (Phi) is 2.63. The summed E-state index contributed by atoms with van der Waals surface area (Å²) < 4.78 is 4.75. The topological polar surface area (TPSA) is 26.3 Å². The minimum atomic E-state index is -0.0561. The molecule has 2 aliphatic rings. The quantitative estimate of drug-likeness (QED) is 0.605. The predicted molar refractivity (Wildman–Crippen MR) is 53.5 cm³/mol. The summed E-state index contributed by atoms with van der Waals surface area (Å²) >= 11 is 1.73. The van der Waals surface area contributed by atoms with Crippen LogP contribution in [0.25, 0.3) is 0 Å². The van der Waals surface area contributed by atoms with E-state index in [0.29, 0.717) is 0 Å². The van der Waals surface area contributed by atoms with Crippen LogP contribution in [0.1, 0.15) is 32.1 Å². The molecule has 0 saturated heterocycles. The SMILES string of the molecule is COC(=O)C1CC2=C(CCCC2)S1. The van der Waals surface area contributed by atoms with Gasteiger partial charge in [-0.2, -0.15) is 0 Å². The first-order chi connectivity index (χ1) is 6.31. The summed E-state index contributed by atoms with van der Waals surface area (Å²) in [5.41, 5.74) is 1.52. The third-order valence-corrected chi connectivity index (χ3v) is 4.13. The lowest BCUT2D eigenvalue weighted by atomic mass is 9.96. The van der Waals surface area contributed by atoms with Crippen molar-refractivity contribution in [2.45, 2.75) is 37.4 Å². The Morgan fingerprint density at radius 2 is 2.23 bits per heavy atom. The zero-order chi connectivity index (χ0) is 9.26. The van der Waals surface area contributed by atoms with Crippen LogP contribution in [-0.2, 0) is 9.53 Å². The molecular formula is C10H14O2S. The molecule has 0 radical (unpaired) electrons. The van der Waals surface area contributed by atoms with Gasteiger partial charge in [0.2, 0.25) is 0 Å². The van der Waals surface area contributed by atoms with E-state index in [9.17, 15) is 4.79 Å². The molecule has 72 valence electrons. The van der Waals surface area contributed by atoms with Crippen LogP contribution in [0.5, 0.6) is 0 Å². The predicted octanol–water partition coefficient (Wildman–Crippen LogP) is 2.49. The van der Waals surface area contributed by atoms with Crippen LogP contribution in [0.2, 0.25) is 0 Å². The van der Waals surface area contributed by atoms with Gasteiger partial charge in [-0.3, -0.25) is 4.79 Å². The van der Waals surface area contributed by atoms with Crippen molar-refractivity contribution in [1.82, 2.24) is 0 Å². The molecule has 1 heterocycles. The third kappa shape index (κ3) is 1.75. The van der Waals surface area contributed by atoms with Crippen LogP contribution in [0, 0.1) is 0 Å². The number of hydrogen-bond donors (Lipinski definition) is 0. The van der Waals surface area contributed by atoms with Gasteiger partial charge in [0.1, 0.15) is 5.25 Å². The average Bonchev–Trinajstić information content (AvgIpc) is 2.59. The van der Waals surface area contributed by atoms with E-state index in [4.69, 9.17) is 4.74 Å². The maximum absolute atomic E-state index is 11.3. The fourth-order valence-corrected chi connectivity index (χ4v) is 3.43. The normalized spacial score (nSPS) is 27.3. The van der Waals surface area contributed by atoms with Gasteiger partial charge >= 0.3 is 5.97 Å². The molecule has 0 bridgehead atoms. The Bertz CT molecular complexity index is 240. The van der Waals surface area contributed by atoms with Gasteiger partial charge in [0.25, 0.3) is 0 Å². The fourth-order valence-electron chi connectivity index (χ4n) is 2.00. The first-order valence-electron chi connectivity index (χ1n) is 4.76. The fraction of sp³-hybridized carbons (Fsp3) is 0.700. The van der Waals surface area contributed by atoms with Crippen molar-refractivity contribution in [3.05, 3.63) is 10.5 Å². The van der Waals surface area contributed by atoms with E-state index >= 15 is 0 Å². The van der Waals surface area contributed by atoms with Crippen LogP contribution in [-0.4, -0.2) is 18.3 Å². The number of allylic oxidation sites excluding steroid dienone is 2. The van der Waals surface area contributed by atoms with Crippen molar-refractivity contribution < 1.29 is 9.53 Å².